The van der Waals surface area contributed by atoms with Gasteiger partial charge in [0.1, 0.15) is 12.6 Å². The largest absolute Gasteiger partial charge is 0.352 e. The first-order valence-corrected chi connectivity index (χ1v) is 15.1. The summed E-state index contributed by atoms with van der Waals surface area (Å²) in [4.78, 5) is 40.7. The Balaban J connectivity index is 1.95. The molecular weight excluding hydrogens is 502 g/mol. The minimum Gasteiger partial charge on any atom is -0.352 e. The first-order chi connectivity index (χ1) is 18.0. The Morgan fingerprint density at radius 2 is 1.71 bits per heavy atom. The molecule has 1 atom stereocenters. The van der Waals surface area contributed by atoms with Gasteiger partial charge >= 0.3 is 0 Å². The first-order valence-electron chi connectivity index (χ1n) is 13.2. The van der Waals surface area contributed by atoms with E-state index in [1.807, 2.05) is 38.1 Å². The van der Waals surface area contributed by atoms with Crippen LogP contribution in [0.15, 0.2) is 48.5 Å². The number of nitrogens with one attached hydrogen (secondary N) is 1. The lowest BCUT2D eigenvalue weighted by Gasteiger charge is -2.34. The van der Waals surface area contributed by atoms with Crippen molar-refractivity contribution in [2.45, 2.75) is 77.9 Å². The molecule has 1 fully saturated rings. The Kier molecular flexibility index (Phi) is 10.1. The molecule has 1 saturated carbocycles. The van der Waals surface area contributed by atoms with Crippen LogP contribution in [0.2, 0.25) is 0 Å². The van der Waals surface area contributed by atoms with E-state index in [-0.39, 0.29) is 30.0 Å². The van der Waals surface area contributed by atoms with Crippen molar-refractivity contribution in [3.8, 4) is 0 Å². The van der Waals surface area contributed by atoms with Crippen molar-refractivity contribution in [3.05, 3.63) is 65.2 Å². The maximum Gasteiger partial charge on any atom is 0.244 e. The molecule has 38 heavy (non-hydrogen) atoms. The maximum absolute atomic E-state index is 13.9. The summed E-state index contributed by atoms with van der Waals surface area (Å²) in [6.07, 6.45) is 6.54. The highest BCUT2D eigenvalue weighted by Crippen LogP contribution is 2.23. The number of hydrogen-bond acceptors (Lipinski definition) is 5. The van der Waals surface area contributed by atoms with E-state index in [2.05, 4.69) is 5.32 Å². The van der Waals surface area contributed by atoms with E-state index in [1.54, 1.807) is 18.2 Å². The summed E-state index contributed by atoms with van der Waals surface area (Å²) in [5.41, 5.74) is 2.43. The van der Waals surface area contributed by atoms with E-state index < -0.39 is 28.5 Å². The van der Waals surface area contributed by atoms with Crippen LogP contribution in [0.3, 0.4) is 0 Å². The van der Waals surface area contributed by atoms with Crippen LogP contribution in [0.4, 0.5) is 5.69 Å². The zero-order chi connectivity index (χ0) is 27.9. The number of aryl methyl sites for hydroxylation is 1. The molecule has 1 aliphatic rings. The molecule has 0 heterocycles. The molecule has 0 unspecified atom stereocenters. The Labute approximate surface area is 226 Å². The lowest BCUT2D eigenvalue weighted by atomic mass is 9.95. The fraction of sp³-hybridized carbons (Fsp3) is 0.483. The second-order valence-corrected chi connectivity index (χ2v) is 12.0. The van der Waals surface area contributed by atoms with Crippen LogP contribution in [0, 0.1) is 6.92 Å². The van der Waals surface area contributed by atoms with Crippen LogP contribution in [0.5, 0.6) is 0 Å². The summed E-state index contributed by atoms with van der Waals surface area (Å²) < 4.78 is 26.6. The van der Waals surface area contributed by atoms with Gasteiger partial charge in [-0.15, -0.1) is 0 Å². The average molecular weight is 542 g/mol. The van der Waals surface area contributed by atoms with E-state index >= 15 is 0 Å². The van der Waals surface area contributed by atoms with Crippen LogP contribution in [-0.2, 0) is 26.2 Å². The summed E-state index contributed by atoms with van der Waals surface area (Å²) in [5, 5.41) is 3.14. The Morgan fingerprint density at radius 1 is 1.03 bits per heavy atom. The highest BCUT2D eigenvalue weighted by Gasteiger charge is 2.33. The molecule has 0 aromatic heterocycles. The number of hydrogen-bond donors (Lipinski definition) is 1. The SMILES string of the molecule is CC[C@H](C(=O)NC1CCCCC1)N(Cc1ccccc1C)C(=O)CN(c1cccc(C(C)=O)c1)S(C)(=O)=O. The van der Waals surface area contributed by atoms with Gasteiger partial charge in [0.15, 0.2) is 5.78 Å². The number of benzene rings is 2. The van der Waals surface area contributed by atoms with Gasteiger partial charge in [-0.1, -0.05) is 62.6 Å². The van der Waals surface area contributed by atoms with Crippen LogP contribution in [0.1, 0.15) is 73.9 Å². The normalized spacial score (nSPS) is 14.9. The Bertz CT molecular complexity index is 1250. The fourth-order valence-electron chi connectivity index (χ4n) is 4.93. The Morgan fingerprint density at radius 3 is 2.32 bits per heavy atom. The number of rotatable bonds is 11. The monoisotopic (exact) mass is 541 g/mol. The predicted molar refractivity (Wildman–Crippen MR) is 149 cm³/mol. The topological polar surface area (TPSA) is 104 Å². The standard InChI is InChI=1S/C29H39N3O5S/c1-5-27(29(35)30-25-15-7-6-8-16-25)31(19-24-13-10-9-12-21(24)2)28(34)20-32(38(4,36)37)26-17-11-14-23(18-26)22(3)33/h9-14,17-18,25,27H,5-8,15-16,19-20H2,1-4H3,(H,30,35)/t27-/m1/s1. The zero-order valence-corrected chi connectivity index (χ0v) is 23.6. The zero-order valence-electron chi connectivity index (χ0n) is 22.8. The first kappa shape index (κ1) is 29.4. The minimum absolute atomic E-state index is 0.0857. The molecule has 0 saturated heterocycles. The predicted octanol–water partition coefficient (Wildman–Crippen LogP) is 4.22. The number of Topliss-reactive ketones (excluding diaryl/α,β-unsaturated/α-hetero) is 1. The number of carbonyl (C=O) groups excluding carboxylic acids is 3. The van der Waals surface area contributed by atoms with Gasteiger partial charge in [0.25, 0.3) is 0 Å². The van der Waals surface area contributed by atoms with Crippen molar-refractivity contribution in [1.82, 2.24) is 10.2 Å². The molecule has 1 aliphatic carbocycles. The lowest BCUT2D eigenvalue weighted by molar-refractivity contribution is -0.140. The van der Waals surface area contributed by atoms with Gasteiger partial charge in [-0.05, 0) is 56.4 Å². The van der Waals surface area contributed by atoms with E-state index in [4.69, 9.17) is 0 Å². The van der Waals surface area contributed by atoms with Crippen LogP contribution in [0.25, 0.3) is 0 Å². The average Bonchev–Trinajstić information content (AvgIpc) is 2.88. The number of amides is 2. The number of sulfonamides is 1. The van der Waals surface area contributed by atoms with Gasteiger partial charge in [-0.2, -0.15) is 0 Å². The molecule has 0 bridgehead atoms. The number of anilines is 1. The molecule has 1 N–H and O–H groups in total. The minimum atomic E-state index is -3.87. The van der Waals surface area contributed by atoms with E-state index in [9.17, 15) is 22.8 Å². The molecule has 3 rings (SSSR count). The van der Waals surface area contributed by atoms with E-state index in [0.29, 0.717) is 12.0 Å². The van der Waals surface area contributed by atoms with Crippen molar-refractivity contribution in [2.75, 3.05) is 17.1 Å². The third kappa shape index (κ3) is 7.66. The van der Waals surface area contributed by atoms with Gasteiger partial charge in [0.05, 0.1) is 11.9 Å². The van der Waals surface area contributed by atoms with Gasteiger partial charge in [0, 0.05) is 18.2 Å². The molecule has 0 spiro atoms. The van der Waals surface area contributed by atoms with Crippen molar-refractivity contribution < 1.29 is 22.8 Å². The van der Waals surface area contributed by atoms with Crippen molar-refractivity contribution >= 4 is 33.3 Å². The number of carbonyl (C=O) groups is 3. The van der Waals surface area contributed by atoms with Gasteiger partial charge < -0.3 is 10.2 Å². The Hall–Kier alpha value is -3.20. The van der Waals surface area contributed by atoms with E-state index in [0.717, 1.165) is 53.8 Å². The second kappa shape index (κ2) is 13.0. The molecule has 0 radical (unpaired) electrons. The highest BCUT2D eigenvalue weighted by molar-refractivity contribution is 7.92. The molecule has 0 aliphatic heterocycles. The third-order valence-electron chi connectivity index (χ3n) is 7.16. The highest BCUT2D eigenvalue weighted by atomic mass is 32.2. The third-order valence-corrected chi connectivity index (χ3v) is 8.30. The van der Waals surface area contributed by atoms with Gasteiger partial charge in [-0.3, -0.25) is 18.7 Å². The van der Waals surface area contributed by atoms with Gasteiger partial charge in [0.2, 0.25) is 21.8 Å². The van der Waals surface area contributed by atoms with Crippen LogP contribution >= 0.6 is 0 Å². The molecule has 206 valence electrons. The molecule has 8 nitrogen and oxygen atoms in total. The van der Waals surface area contributed by atoms with Crippen LogP contribution < -0.4 is 9.62 Å². The second-order valence-electron chi connectivity index (χ2n) is 10.1. The molecule has 2 aromatic rings. The van der Waals surface area contributed by atoms with Gasteiger partial charge in [-0.25, -0.2) is 8.42 Å². The summed E-state index contributed by atoms with van der Waals surface area (Å²) >= 11 is 0. The summed E-state index contributed by atoms with van der Waals surface area (Å²) in [7, 11) is -3.87. The lowest BCUT2D eigenvalue weighted by Crippen LogP contribution is -2.54. The fourth-order valence-corrected chi connectivity index (χ4v) is 5.77. The van der Waals surface area contributed by atoms with Crippen LogP contribution in [-0.4, -0.2) is 55.8 Å². The summed E-state index contributed by atoms with van der Waals surface area (Å²) in [5.74, 6) is -0.915. The van der Waals surface area contributed by atoms with Crippen molar-refractivity contribution in [3.63, 3.8) is 0 Å². The summed E-state index contributed by atoms with van der Waals surface area (Å²) in [6, 6.07) is 13.2. The summed E-state index contributed by atoms with van der Waals surface area (Å²) in [6.45, 7) is 4.88. The van der Waals surface area contributed by atoms with E-state index in [1.165, 1.54) is 17.9 Å². The van der Waals surface area contributed by atoms with Crippen molar-refractivity contribution in [2.24, 2.45) is 0 Å². The molecule has 9 heteroatoms. The molecule has 2 amide bonds. The molecular formula is C29H39N3O5S. The molecule has 2 aromatic carbocycles. The number of ketones is 1. The number of nitrogens with zero attached hydrogens (tertiary/aromatic N) is 2. The quantitative estimate of drug-likeness (QED) is 0.429. The smallest absolute Gasteiger partial charge is 0.244 e. The van der Waals surface area contributed by atoms with Crippen molar-refractivity contribution in [1.29, 1.82) is 0 Å². The maximum atomic E-state index is 13.9.